The molecule has 0 bridgehead atoms. The minimum absolute atomic E-state index is 0.298. The van der Waals surface area contributed by atoms with Gasteiger partial charge in [0.05, 0.1) is 11.9 Å². The van der Waals surface area contributed by atoms with Crippen LogP contribution in [0.15, 0.2) is 24.4 Å². The fraction of sp³-hybridized carbons (Fsp3) is 0.200. The Morgan fingerprint density at radius 1 is 1.50 bits per heavy atom. The van der Waals surface area contributed by atoms with Gasteiger partial charge >= 0.3 is 0 Å². The summed E-state index contributed by atoms with van der Waals surface area (Å²) in [5, 5.41) is 10.8. The van der Waals surface area contributed by atoms with E-state index in [2.05, 4.69) is 38.2 Å². The third kappa shape index (κ3) is 2.38. The Morgan fingerprint density at radius 3 is 3.00 bits per heavy atom. The molecule has 0 aliphatic heterocycles. The van der Waals surface area contributed by atoms with Crippen LogP contribution in [0.1, 0.15) is 5.69 Å². The van der Waals surface area contributed by atoms with Crippen LogP contribution in [0.4, 0.5) is 4.39 Å². The summed E-state index contributed by atoms with van der Waals surface area (Å²) in [6.45, 7) is 0.617. The molecular formula is C10H10FIN4. The molecule has 0 fully saturated rings. The molecule has 0 spiro atoms. The zero-order valence-electron chi connectivity index (χ0n) is 8.61. The summed E-state index contributed by atoms with van der Waals surface area (Å²) in [4.78, 5) is 0. The first-order chi connectivity index (χ1) is 7.70. The van der Waals surface area contributed by atoms with Crippen LogP contribution in [0.25, 0.3) is 5.69 Å². The average molecular weight is 332 g/mol. The summed E-state index contributed by atoms with van der Waals surface area (Å²) >= 11 is 2.06. The van der Waals surface area contributed by atoms with Crippen LogP contribution in [0.2, 0.25) is 0 Å². The summed E-state index contributed by atoms with van der Waals surface area (Å²) in [7, 11) is 1.82. The molecule has 0 amide bonds. The van der Waals surface area contributed by atoms with Crippen molar-refractivity contribution in [2.24, 2.45) is 0 Å². The lowest BCUT2D eigenvalue weighted by atomic mass is 10.3. The van der Waals surface area contributed by atoms with Crippen molar-refractivity contribution in [3.05, 3.63) is 39.5 Å². The fourth-order valence-electron chi connectivity index (χ4n) is 1.35. The first-order valence-corrected chi connectivity index (χ1v) is 5.80. The number of rotatable bonds is 3. The highest BCUT2D eigenvalue weighted by Gasteiger charge is 2.07. The predicted molar refractivity (Wildman–Crippen MR) is 66.8 cm³/mol. The minimum Gasteiger partial charge on any atom is -0.314 e. The van der Waals surface area contributed by atoms with E-state index >= 15 is 0 Å². The first-order valence-electron chi connectivity index (χ1n) is 4.72. The maximum Gasteiger partial charge on any atom is 0.149 e. The summed E-state index contributed by atoms with van der Waals surface area (Å²) in [6, 6.07) is 4.99. The summed E-state index contributed by atoms with van der Waals surface area (Å²) in [6.07, 6.45) is 1.71. The van der Waals surface area contributed by atoms with Crippen molar-refractivity contribution >= 4 is 22.6 Å². The minimum atomic E-state index is -0.298. The number of halogens is 2. The van der Waals surface area contributed by atoms with Gasteiger partial charge in [-0.1, -0.05) is 5.21 Å². The largest absolute Gasteiger partial charge is 0.314 e. The van der Waals surface area contributed by atoms with Crippen LogP contribution in [0, 0.1) is 9.39 Å². The Morgan fingerprint density at radius 2 is 2.31 bits per heavy atom. The van der Waals surface area contributed by atoms with Gasteiger partial charge in [0.15, 0.2) is 0 Å². The summed E-state index contributed by atoms with van der Waals surface area (Å²) < 4.78 is 15.9. The molecular weight excluding hydrogens is 322 g/mol. The van der Waals surface area contributed by atoms with Crippen LogP contribution in [-0.4, -0.2) is 22.0 Å². The summed E-state index contributed by atoms with van der Waals surface area (Å²) in [5.41, 5.74) is 1.19. The first kappa shape index (κ1) is 11.5. The smallest absolute Gasteiger partial charge is 0.149 e. The molecule has 1 heterocycles. The molecule has 84 valence electrons. The van der Waals surface area contributed by atoms with Crippen molar-refractivity contribution < 1.29 is 4.39 Å². The Balaban J connectivity index is 2.35. The van der Waals surface area contributed by atoms with Gasteiger partial charge in [0.1, 0.15) is 11.5 Å². The van der Waals surface area contributed by atoms with E-state index in [0.717, 1.165) is 9.26 Å². The second kappa shape index (κ2) is 4.88. The number of benzene rings is 1. The van der Waals surface area contributed by atoms with E-state index in [0.29, 0.717) is 12.2 Å². The Hall–Kier alpha value is -1.02. The summed E-state index contributed by atoms with van der Waals surface area (Å²) in [5.74, 6) is -0.298. The van der Waals surface area contributed by atoms with Crippen molar-refractivity contribution in [2.75, 3.05) is 7.05 Å². The lowest BCUT2D eigenvalue weighted by molar-refractivity contribution is 0.606. The molecule has 0 saturated carbocycles. The van der Waals surface area contributed by atoms with Crippen molar-refractivity contribution in [3.8, 4) is 5.69 Å². The van der Waals surface area contributed by atoms with E-state index in [1.165, 1.54) is 10.7 Å². The molecule has 0 atom stereocenters. The number of hydrogen-bond donors (Lipinski definition) is 1. The van der Waals surface area contributed by atoms with Gasteiger partial charge in [-0.15, -0.1) is 5.10 Å². The van der Waals surface area contributed by atoms with E-state index in [4.69, 9.17) is 0 Å². The average Bonchev–Trinajstić information content (AvgIpc) is 2.67. The van der Waals surface area contributed by atoms with Gasteiger partial charge in [-0.2, -0.15) is 0 Å². The molecule has 16 heavy (non-hydrogen) atoms. The molecule has 1 aromatic heterocycles. The van der Waals surface area contributed by atoms with Crippen molar-refractivity contribution in [1.82, 2.24) is 20.3 Å². The molecule has 0 aliphatic carbocycles. The van der Waals surface area contributed by atoms with Gasteiger partial charge in [0.2, 0.25) is 0 Å². The SMILES string of the molecule is CNCc1cn(-c2ccc(I)cc2F)nn1. The third-order valence-corrected chi connectivity index (χ3v) is 2.73. The van der Waals surface area contributed by atoms with Crippen LogP contribution < -0.4 is 5.32 Å². The Labute approximate surface area is 106 Å². The molecule has 0 saturated heterocycles. The number of hydrogen-bond acceptors (Lipinski definition) is 3. The van der Waals surface area contributed by atoms with Gasteiger partial charge in [0, 0.05) is 10.1 Å². The van der Waals surface area contributed by atoms with E-state index < -0.39 is 0 Å². The van der Waals surface area contributed by atoms with Crippen LogP contribution in [0.5, 0.6) is 0 Å². The van der Waals surface area contributed by atoms with Crippen molar-refractivity contribution in [2.45, 2.75) is 6.54 Å². The number of nitrogens with one attached hydrogen (secondary N) is 1. The molecule has 4 nitrogen and oxygen atoms in total. The van der Waals surface area contributed by atoms with E-state index in [1.54, 1.807) is 12.3 Å². The molecule has 1 aromatic carbocycles. The molecule has 0 aliphatic rings. The molecule has 1 N–H and O–H groups in total. The van der Waals surface area contributed by atoms with Gasteiger partial charge in [-0.3, -0.25) is 0 Å². The highest BCUT2D eigenvalue weighted by Crippen LogP contribution is 2.15. The molecule has 6 heteroatoms. The Kier molecular flexibility index (Phi) is 3.49. The third-order valence-electron chi connectivity index (χ3n) is 2.06. The maximum atomic E-state index is 13.6. The monoisotopic (exact) mass is 332 g/mol. The van der Waals surface area contributed by atoms with E-state index in [-0.39, 0.29) is 5.82 Å². The molecule has 2 rings (SSSR count). The normalized spacial score (nSPS) is 10.7. The Bertz CT molecular complexity index is 497. The van der Waals surface area contributed by atoms with Crippen LogP contribution >= 0.6 is 22.6 Å². The standard InChI is InChI=1S/C10H10FIN4/c1-13-5-8-6-16(15-14-8)10-3-2-7(12)4-9(10)11/h2-4,6,13H,5H2,1H3. The van der Waals surface area contributed by atoms with Gasteiger partial charge in [-0.05, 0) is 47.8 Å². The molecule has 0 radical (unpaired) electrons. The van der Waals surface area contributed by atoms with Crippen LogP contribution in [0.3, 0.4) is 0 Å². The zero-order chi connectivity index (χ0) is 11.5. The van der Waals surface area contributed by atoms with Crippen molar-refractivity contribution in [3.63, 3.8) is 0 Å². The molecule has 0 unspecified atom stereocenters. The van der Waals surface area contributed by atoms with E-state index in [9.17, 15) is 4.39 Å². The van der Waals surface area contributed by atoms with Gasteiger partial charge in [-0.25, -0.2) is 9.07 Å². The maximum absolute atomic E-state index is 13.6. The quantitative estimate of drug-likeness (QED) is 0.871. The second-order valence-electron chi connectivity index (χ2n) is 3.28. The highest BCUT2D eigenvalue weighted by molar-refractivity contribution is 14.1. The predicted octanol–water partition coefficient (Wildman–Crippen LogP) is 1.73. The number of aromatic nitrogens is 3. The zero-order valence-corrected chi connectivity index (χ0v) is 10.8. The fourth-order valence-corrected chi connectivity index (χ4v) is 1.80. The van der Waals surface area contributed by atoms with Crippen molar-refractivity contribution in [1.29, 1.82) is 0 Å². The van der Waals surface area contributed by atoms with Gasteiger partial charge < -0.3 is 5.32 Å². The topological polar surface area (TPSA) is 42.7 Å². The highest BCUT2D eigenvalue weighted by atomic mass is 127. The number of nitrogens with zero attached hydrogens (tertiary/aromatic N) is 3. The lowest BCUT2D eigenvalue weighted by Gasteiger charge is -2.01. The lowest BCUT2D eigenvalue weighted by Crippen LogP contribution is -2.05. The second-order valence-corrected chi connectivity index (χ2v) is 4.53. The van der Waals surface area contributed by atoms with Crippen LogP contribution in [-0.2, 0) is 6.54 Å². The van der Waals surface area contributed by atoms with Gasteiger partial charge in [0.25, 0.3) is 0 Å². The molecule has 2 aromatic rings. The van der Waals surface area contributed by atoms with E-state index in [1.807, 2.05) is 13.1 Å².